The summed E-state index contributed by atoms with van der Waals surface area (Å²) in [5.74, 6) is -0.210. The molecule has 4 nitrogen and oxygen atoms in total. The number of anilines is 1. The average Bonchev–Trinajstić information content (AvgIpc) is 2.45. The Morgan fingerprint density at radius 1 is 1.18 bits per heavy atom. The number of hydrogen-bond acceptors (Lipinski definition) is 2. The van der Waals surface area contributed by atoms with Crippen LogP contribution in [-0.4, -0.2) is 29.8 Å². The lowest BCUT2D eigenvalue weighted by Gasteiger charge is -2.20. The summed E-state index contributed by atoms with van der Waals surface area (Å²) in [5, 5.41) is 2.83. The van der Waals surface area contributed by atoms with Crippen LogP contribution in [-0.2, 0) is 4.79 Å². The summed E-state index contributed by atoms with van der Waals surface area (Å²) in [5.41, 5.74) is 0.649. The molecular formula is C18H24N2O2. The SMILES string of the molecule is C=CCN(CC=C)C(=O)c1cccc(NC(=O)C(C)(C)C)c1. The molecule has 22 heavy (non-hydrogen) atoms. The summed E-state index contributed by atoms with van der Waals surface area (Å²) in [7, 11) is 0. The van der Waals surface area contributed by atoms with Gasteiger partial charge in [0.1, 0.15) is 0 Å². The number of carbonyl (C=O) groups excluding carboxylic acids is 2. The van der Waals surface area contributed by atoms with Crippen molar-refractivity contribution in [1.82, 2.24) is 4.90 Å². The zero-order valence-corrected chi connectivity index (χ0v) is 13.6. The van der Waals surface area contributed by atoms with Gasteiger partial charge in [0.15, 0.2) is 0 Å². The minimum absolute atomic E-state index is 0.0915. The van der Waals surface area contributed by atoms with E-state index in [4.69, 9.17) is 0 Å². The maximum atomic E-state index is 12.5. The van der Waals surface area contributed by atoms with Crippen LogP contribution in [0.3, 0.4) is 0 Å². The molecule has 4 heteroatoms. The highest BCUT2D eigenvalue weighted by Gasteiger charge is 2.21. The van der Waals surface area contributed by atoms with Crippen molar-refractivity contribution < 1.29 is 9.59 Å². The van der Waals surface area contributed by atoms with Crippen LogP contribution in [0.2, 0.25) is 0 Å². The first-order valence-electron chi connectivity index (χ1n) is 7.22. The van der Waals surface area contributed by atoms with Gasteiger partial charge in [-0.15, -0.1) is 13.2 Å². The average molecular weight is 300 g/mol. The highest BCUT2D eigenvalue weighted by atomic mass is 16.2. The van der Waals surface area contributed by atoms with Gasteiger partial charge in [-0.05, 0) is 18.2 Å². The van der Waals surface area contributed by atoms with E-state index in [-0.39, 0.29) is 11.8 Å². The van der Waals surface area contributed by atoms with Gasteiger partial charge in [-0.25, -0.2) is 0 Å². The molecule has 1 N–H and O–H groups in total. The minimum atomic E-state index is -0.488. The van der Waals surface area contributed by atoms with Gasteiger partial charge < -0.3 is 10.2 Å². The number of benzene rings is 1. The lowest BCUT2D eigenvalue weighted by Crippen LogP contribution is -2.31. The molecule has 1 aromatic carbocycles. The van der Waals surface area contributed by atoms with E-state index < -0.39 is 5.41 Å². The van der Waals surface area contributed by atoms with Crippen molar-refractivity contribution in [3.05, 3.63) is 55.1 Å². The van der Waals surface area contributed by atoms with Gasteiger partial charge in [0.2, 0.25) is 5.91 Å². The lowest BCUT2D eigenvalue weighted by molar-refractivity contribution is -0.123. The van der Waals surface area contributed by atoms with Crippen molar-refractivity contribution in [2.45, 2.75) is 20.8 Å². The first-order chi connectivity index (χ1) is 10.3. The van der Waals surface area contributed by atoms with Crippen molar-refractivity contribution in [3.8, 4) is 0 Å². The van der Waals surface area contributed by atoms with Crippen LogP contribution in [0.15, 0.2) is 49.6 Å². The maximum Gasteiger partial charge on any atom is 0.254 e. The summed E-state index contributed by atoms with van der Waals surface area (Å²) in [6.07, 6.45) is 3.35. The van der Waals surface area contributed by atoms with E-state index in [0.717, 1.165) is 0 Å². The zero-order valence-electron chi connectivity index (χ0n) is 13.6. The van der Waals surface area contributed by atoms with Crippen LogP contribution in [0, 0.1) is 5.41 Å². The molecule has 0 aliphatic rings. The molecule has 1 rings (SSSR count). The van der Waals surface area contributed by atoms with E-state index in [2.05, 4.69) is 18.5 Å². The smallest absolute Gasteiger partial charge is 0.254 e. The third-order valence-electron chi connectivity index (χ3n) is 3.03. The monoisotopic (exact) mass is 300 g/mol. The number of amides is 2. The Bertz CT molecular complexity index is 561. The molecule has 0 fully saturated rings. The Labute approximate surface area is 132 Å². The van der Waals surface area contributed by atoms with Crippen molar-refractivity contribution in [3.63, 3.8) is 0 Å². The van der Waals surface area contributed by atoms with Crippen LogP contribution in [0.1, 0.15) is 31.1 Å². The summed E-state index contributed by atoms with van der Waals surface area (Å²) in [6, 6.07) is 6.94. The van der Waals surface area contributed by atoms with Crippen LogP contribution in [0.25, 0.3) is 0 Å². The van der Waals surface area contributed by atoms with Gasteiger partial charge in [-0.3, -0.25) is 9.59 Å². The van der Waals surface area contributed by atoms with Gasteiger partial charge in [0.25, 0.3) is 5.91 Å². The van der Waals surface area contributed by atoms with Crippen molar-refractivity contribution in [2.75, 3.05) is 18.4 Å². The standard InChI is InChI=1S/C18H24N2O2/c1-6-11-20(12-7-2)16(21)14-9-8-10-15(13-14)19-17(22)18(3,4)5/h6-10,13H,1-2,11-12H2,3-5H3,(H,19,22). The Balaban J connectivity index is 2.95. The number of carbonyl (C=O) groups is 2. The molecule has 1 aromatic rings. The lowest BCUT2D eigenvalue weighted by atomic mass is 9.95. The van der Waals surface area contributed by atoms with Crippen LogP contribution < -0.4 is 5.32 Å². The molecule has 0 bridgehead atoms. The molecule has 0 unspecified atom stereocenters. The number of rotatable bonds is 6. The fourth-order valence-electron chi connectivity index (χ4n) is 1.78. The first-order valence-corrected chi connectivity index (χ1v) is 7.22. The topological polar surface area (TPSA) is 49.4 Å². The Morgan fingerprint density at radius 3 is 2.27 bits per heavy atom. The Kier molecular flexibility index (Phi) is 6.11. The fraction of sp³-hybridized carbons (Fsp3) is 0.333. The molecule has 0 aliphatic carbocycles. The number of nitrogens with zero attached hydrogens (tertiary/aromatic N) is 1. The van der Waals surface area contributed by atoms with Crippen molar-refractivity contribution >= 4 is 17.5 Å². The predicted octanol–water partition coefficient (Wildman–Crippen LogP) is 3.49. The van der Waals surface area contributed by atoms with Crippen LogP contribution in [0.4, 0.5) is 5.69 Å². The largest absolute Gasteiger partial charge is 0.331 e. The third kappa shape index (κ3) is 4.88. The predicted molar refractivity (Wildman–Crippen MR) is 90.8 cm³/mol. The molecule has 0 spiro atoms. The van der Waals surface area contributed by atoms with E-state index in [0.29, 0.717) is 24.3 Å². The van der Waals surface area contributed by atoms with Gasteiger partial charge in [0, 0.05) is 29.8 Å². The molecule has 0 atom stereocenters. The van der Waals surface area contributed by atoms with Crippen molar-refractivity contribution in [2.24, 2.45) is 5.41 Å². The number of nitrogens with one attached hydrogen (secondary N) is 1. The van der Waals surface area contributed by atoms with E-state index >= 15 is 0 Å². The van der Waals surface area contributed by atoms with E-state index in [1.807, 2.05) is 20.8 Å². The molecule has 0 radical (unpaired) electrons. The first kappa shape index (κ1) is 17.7. The van der Waals surface area contributed by atoms with Gasteiger partial charge in [0.05, 0.1) is 0 Å². The summed E-state index contributed by atoms with van der Waals surface area (Å²) >= 11 is 0. The molecule has 0 aliphatic heterocycles. The molecule has 118 valence electrons. The van der Waals surface area contributed by atoms with Crippen LogP contribution in [0.5, 0.6) is 0 Å². The van der Waals surface area contributed by atoms with E-state index in [1.54, 1.807) is 41.3 Å². The molecule has 0 saturated heterocycles. The molecule has 0 aromatic heterocycles. The third-order valence-corrected chi connectivity index (χ3v) is 3.03. The van der Waals surface area contributed by atoms with Gasteiger partial charge >= 0.3 is 0 Å². The second kappa shape index (κ2) is 7.59. The van der Waals surface area contributed by atoms with Gasteiger partial charge in [-0.1, -0.05) is 39.0 Å². The quantitative estimate of drug-likeness (QED) is 0.818. The van der Waals surface area contributed by atoms with E-state index in [9.17, 15) is 9.59 Å². The summed E-state index contributed by atoms with van der Waals surface area (Å²) in [6.45, 7) is 13.7. The Hall–Kier alpha value is -2.36. The molecule has 2 amide bonds. The zero-order chi connectivity index (χ0) is 16.8. The highest BCUT2D eigenvalue weighted by molar-refractivity contribution is 5.98. The second-order valence-electron chi connectivity index (χ2n) is 6.07. The maximum absolute atomic E-state index is 12.5. The minimum Gasteiger partial charge on any atom is -0.331 e. The highest BCUT2D eigenvalue weighted by Crippen LogP contribution is 2.18. The Morgan fingerprint density at radius 2 is 1.77 bits per heavy atom. The summed E-state index contributed by atoms with van der Waals surface area (Å²) < 4.78 is 0. The molecular weight excluding hydrogens is 276 g/mol. The fourth-order valence-corrected chi connectivity index (χ4v) is 1.78. The summed E-state index contributed by atoms with van der Waals surface area (Å²) in [4.78, 5) is 26.1. The second-order valence-corrected chi connectivity index (χ2v) is 6.07. The van der Waals surface area contributed by atoms with Crippen LogP contribution >= 0.6 is 0 Å². The molecule has 0 heterocycles. The normalized spacial score (nSPS) is 10.7. The molecule has 0 saturated carbocycles. The van der Waals surface area contributed by atoms with Gasteiger partial charge in [-0.2, -0.15) is 0 Å². The number of hydrogen-bond donors (Lipinski definition) is 1. The van der Waals surface area contributed by atoms with Crippen molar-refractivity contribution in [1.29, 1.82) is 0 Å². The van der Waals surface area contributed by atoms with E-state index in [1.165, 1.54) is 0 Å².